The molecule has 1 atom stereocenters. The smallest absolute Gasteiger partial charge is 0.220 e. The Labute approximate surface area is 183 Å². The number of aromatic nitrogens is 4. The van der Waals surface area contributed by atoms with Crippen LogP contribution in [0.3, 0.4) is 0 Å². The minimum absolute atomic E-state index is 0.0766. The zero-order chi connectivity index (χ0) is 22.0. The van der Waals surface area contributed by atoms with E-state index in [2.05, 4.69) is 40.3 Å². The highest BCUT2D eigenvalue weighted by Gasteiger charge is 2.28. The lowest BCUT2D eigenvalue weighted by molar-refractivity contribution is -0.121. The molecular weight excluding hydrogens is 388 g/mol. The molecule has 1 aliphatic heterocycles. The largest absolute Gasteiger partial charge is 0.354 e. The first kappa shape index (κ1) is 21.4. The van der Waals surface area contributed by atoms with E-state index in [1.807, 2.05) is 37.7 Å². The van der Waals surface area contributed by atoms with Crippen LogP contribution in [0, 0.1) is 13.8 Å². The van der Waals surface area contributed by atoms with Crippen molar-refractivity contribution in [2.75, 3.05) is 6.54 Å². The second-order valence-electron chi connectivity index (χ2n) is 8.81. The van der Waals surface area contributed by atoms with Gasteiger partial charge in [0.05, 0.1) is 11.7 Å². The molecule has 164 valence electrons. The van der Waals surface area contributed by atoms with Gasteiger partial charge in [-0.25, -0.2) is 9.50 Å². The maximum Gasteiger partial charge on any atom is 0.220 e. The second-order valence-corrected chi connectivity index (χ2v) is 8.81. The lowest BCUT2D eigenvalue weighted by Crippen LogP contribution is -2.30. The number of amides is 1. The standard InChI is InChI=1S/C24H32N6O/c1-16(2)26-24(31)8-7-20-17(3)27-23-14-21(28-30(23)18(20)4)22-6-5-13-29(22)15-19-9-11-25-12-10-19/h9-12,14,16,22H,5-8,13,15H2,1-4H3,(H,26,31)/t22-/m0/s1. The molecular formula is C24H32N6O. The van der Waals surface area contributed by atoms with Gasteiger partial charge in [0.25, 0.3) is 0 Å². The predicted octanol–water partition coefficient (Wildman–Crippen LogP) is 3.54. The molecule has 3 aromatic rings. The van der Waals surface area contributed by atoms with Crippen LogP contribution in [-0.2, 0) is 17.8 Å². The fraction of sp³-hybridized carbons (Fsp3) is 0.500. The molecule has 0 unspecified atom stereocenters. The number of nitrogens with one attached hydrogen (secondary N) is 1. The van der Waals surface area contributed by atoms with Crippen molar-refractivity contribution in [3.8, 4) is 0 Å². The molecule has 1 N–H and O–H groups in total. The molecule has 4 rings (SSSR count). The highest BCUT2D eigenvalue weighted by molar-refractivity contribution is 5.76. The van der Waals surface area contributed by atoms with E-state index in [9.17, 15) is 4.79 Å². The number of likely N-dealkylation sites (tertiary alicyclic amines) is 1. The summed E-state index contributed by atoms with van der Waals surface area (Å²) in [6.07, 6.45) is 7.12. The summed E-state index contributed by atoms with van der Waals surface area (Å²) < 4.78 is 1.96. The van der Waals surface area contributed by atoms with E-state index in [4.69, 9.17) is 10.1 Å². The van der Waals surface area contributed by atoms with Gasteiger partial charge in [-0.1, -0.05) is 0 Å². The number of hydrogen-bond donors (Lipinski definition) is 1. The summed E-state index contributed by atoms with van der Waals surface area (Å²) in [6.45, 7) is 10.0. The van der Waals surface area contributed by atoms with Gasteiger partial charge in [-0.2, -0.15) is 5.10 Å². The molecule has 0 aromatic carbocycles. The summed E-state index contributed by atoms with van der Waals surface area (Å²) in [5.41, 5.74) is 6.41. The van der Waals surface area contributed by atoms with Gasteiger partial charge in [0.15, 0.2) is 5.65 Å². The molecule has 1 saturated heterocycles. The summed E-state index contributed by atoms with van der Waals surface area (Å²) in [7, 11) is 0. The average molecular weight is 421 g/mol. The Kier molecular flexibility index (Phi) is 6.32. The number of rotatable bonds is 7. The average Bonchev–Trinajstić information content (AvgIpc) is 3.34. The second kappa shape index (κ2) is 9.14. The Balaban J connectivity index is 1.56. The number of aryl methyl sites for hydroxylation is 2. The van der Waals surface area contributed by atoms with E-state index >= 15 is 0 Å². The Bertz CT molecular complexity index is 1060. The first-order valence-electron chi connectivity index (χ1n) is 11.2. The first-order valence-corrected chi connectivity index (χ1v) is 11.2. The van der Waals surface area contributed by atoms with Crippen LogP contribution in [-0.4, -0.2) is 43.0 Å². The third-order valence-corrected chi connectivity index (χ3v) is 6.07. The van der Waals surface area contributed by atoms with E-state index in [1.54, 1.807) is 0 Å². The lowest BCUT2D eigenvalue weighted by Gasteiger charge is -2.22. The van der Waals surface area contributed by atoms with E-state index in [0.29, 0.717) is 18.9 Å². The Morgan fingerprint density at radius 1 is 1.26 bits per heavy atom. The summed E-state index contributed by atoms with van der Waals surface area (Å²) in [6, 6.07) is 6.75. The minimum Gasteiger partial charge on any atom is -0.354 e. The normalized spacial score (nSPS) is 17.0. The topological polar surface area (TPSA) is 75.4 Å². The van der Waals surface area contributed by atoms with Crippen molar-refractivity contribution in [2.45, 2.75) is 72.0 Å². The SMILES string of the molecule is Cc1nc2cc([C@@H]3CCCN3Cc3ccncc3)nn2c(C)c1CCC(=O)NC(C)C. The van der Waals surface area contributed by atoms with E-state index < -0.39 is 0 Å². The number of nitrogens with zero attached hydrogens (tertiary/aromatic N) is 5. The van der Waals surface area contributed by atoms with Crippen LogP contribution in [0.1, 0.15) is 67.4 Å². The molecule has 0 saturated carbocycles. The van der Waals surface area contributed by atoms with Gasteiger partial charge in [-0.15, -0.1) is 0 Å². The number of carbonyl (C=O) groups is 1. The van der Waals surface area contributed by atoms with Gasteiger partial charge >= 0.3 is 0 Å². The molecule has 1 amide bonds. The molecule has 3 aromatic heterocycles. The van der Waals surface area contributed by atoms with Gasteiger partial charge in [0, 0.05) is 48.9 Å². The summed E-state index contributed by atoms with van der Waals surface area (Å²) in [4.78, 5) is 23.6. The van der Waals surface area contributed by atoms with Gasteiger partial charge < -0.3 is 5.32 Å². The van der Waals surface area contributed by atoms with E-state index in [-0.39, 0.29) is 11.9 Å². The van der Waals surface area contributed by atoms with Gasteiger partial charge in [0.2, 0.25) is 5.91 Å². The quantitative estimate of drug-likeness (QED) is 0.633. The lowest BCUT2D eigenvalue weighted by atomic mass is 10.1. The molecule has 1 fully saturated rings. The van der Waals surface area contributed by atoms with Crippen molar-refractivity contribution in [1.82, 2.24) is 29.8 Å². The van der Waals surface area contributed by atoms with Crippen LogP contribution in [0.15, 0.2) is 30.6 Å². The van der Waals surface area contributed by atoms with Gasteiger partial charge in [-0.05, 0) is 76.8 Å². The van der Waals surface area contributed by atoms with Crippen LogP contribution in [0.4, 0.5) is 0 Å². The monoisotopic (exact) mass is 420 g/mol. The predicted molar refractivity (Wildman–Crippen MR) is 121 cm³/mol. The highest BCUT2D eigenvalue weighted by atomic mass is 16.1. The molecule has 0 radical (unpaired) electrons. The van der Waals surface area contributed by atoms with Crippen LogP contribution in [0.2, 0.25) is 0 Å². The summed E-state index contributed by atoms with van der Waals surface area (Å²) >= 11 is 0. The Morgan fingerprint density at radius 2 is 2.03 bits per heavy atom. The van der Waals surface area contributed by atoms with Gasteiger partial charge in [-0.3, -0.25) is 14.7 Å². The Hall–Kier alpha value is -2.80. The third kappa shape index (κ3) is 4.77. The molecule has 0 bridgehead atoms. The van der Waals surface area contributed by atoms with Crippen molar-refractivity contribution in [3.63, 3.8) is 0 Å². The van der Waals surface area contributed by atoms with Crippen molar-refractivity contribution in [1.29, 1.82) is 0 Å². The molecule has 4 heterocycles. The van der Waals surface area contributed by atoms with Crippen LogP contribution >= 0.6 is 0 Å². The molecule has 7 heteroatoms. The maximum absolute atomic E-state index is 12.1. The van der Waals surface area contributed by atoms with Crippen molar-refractivity contribution >= 4 is 11.6 Å². The molecule has 0 aliphatic carbocycles. The van der Waals surface area contributed by atoms with Crippen molar-refractivity contribution in [3.05, 3.63) is 58.8 Å². The zero-order valence-electron chi connectivity index (χ0n) is 18.9. The molecule has 0 spiro atoms. The fourth-order valence-corrected chi connectivity index (χ4v) is 4.57. The Morgan fingerprint density at radius 3 is 2.77 bits per heavy atom. The molecule has 1 aliphatic rings. The van der Waals surface area contributed by atoms with Crippen LogP contribution < -0.4 is 5.32 Å². The first-order chi connectivity index (χ1) is 14.9. The summed E-state index contributed by atoms with van der Waals surface area (Å²) in [5, 5.41) is 7.93. The van der Waals surface area contributed by atoms with Crippen LogP contribution in [0.5, 0.6) is 0 Å². The maximum atomic E-state index is 12.1. The third-order valence-electron chi connectivity index (χ3n) is 6.07. The molecule has 7 nitrogen and oxygen atoms in total. The fourth-order valence-electron chi connectivity index (χ4n) is 4.57. The highest BCUT2D eigenvalue weighted by Crippen LogP contribution is 2.33. The van der Waals surface area contributed by atoms with Crippen molar-refractivity contribution in [2.24, 2.45) is 0 Å². The number of pyridine rings is 1. The van der Waals surface area contributed by atoms with Crippen molar-refractivity contribution < 1.29 is 4.79 Å². The molecule has 31 heavy (non-hydrogen) atoms. The number of hydrogen-bond acceptors (Lipinski definition) is 5. The summed E-state index contributed by atoms with van der Waals surface area (Å²) in [5.74, 6) is 0.0766. The van der Waals surface area contributed by atoms with E-state index in [1.165, 1.54) is 12.0 Å². The van der Waals surface area contributed by atoms with Crippen LogP contribution in [0.25, 0.3) is 5.65 Å². The number of carbonyl (C=O) groups excluding carboxylic acids is 1. The minimum atomic E-state index is 0.0766. The van der Waals surface area contributed by atoms with E-state index in [0.717, 1.165) is 47.8 Å². The van der Waals surface area contributed by atoms with Gasteiger partial charge in [0.1, 0.15) is 0 Å². The number of fused-ring (bicyclic) bond motifs is 1. The zero-order valence-corrected chi connectivity index (χ0v) is 18.9.